The number of hydrogen-bond acceptors (Lipinski definition) is 2. The number of ketones is 1. The molecule has 3 nitrogen and oxygen atoms in total. The number of amides is 1. The lowest BCUT2D eigenvalue weighted by molar-refractivity contribution is -0.114. The standard InChI is InChI=1S/C13H13ClFNO2/c14-6-2-1-3-7-16-11-8-9(15)4-5-10(11)12(17)13(16)18/h4-5,8H,1-3,6-7H2. The van der Waals surface area contributed by atoms with Gasteiger partial charge in [0.05, 0.1) is 11.3 Å². The molecule has 2 rings (SSSR count). The summed E-state index contributed by atoms with van der Waals surface area (Å²) < 4.78 is 13.2. The third-order valence-corrected chi connectivity index (χ3v) is 3.22. The first kappa shape index (κ1) is 13.0. The molecule has 0 bridgehead atoms. The van der Waals surface area contributed by atoms with Gasteiger partial charge in [-0.3, -0.25) is 9.59 Å². The number of hydrogen-bond donors (Lipinski definition) is 0. The Morgan fingerprint density at radius 2 is 1.94 bits per heavy atom. The van der Waals surface area contributed by atoms with Gasteiger partial charge >= 0.3 is 0 Å². The van der Waals surface area contributed by atoms with Gasteiger partial charge < -0.3 is 4.90 Å². The van der Waals surface area contributed by atoms with Crippen LogP contribution in [0.15, 0.2) is 18.2 Å². The fourth-order valence-electron chi connectivity index (χ4n) is 2.03. The van der Waals surface area contributed by atoms with Gasteiger partial charge in [-0.2, -0.15) is 0 Å². The lowest BCUT2D eigenvalue weighted by Gasteiger charge is -2.16. The van der Waals surface area contributed by atoms with Gasteiger partial charge in [0.15, 0.2) is 0 Å². The fourth-order valence-corrected chi connectivity index (χ4v) is 2.22. The summed E-state index contributed by atoms with van der Waals surface area (Å²) in [5.41, 5.74) is 0.676. The largest absolute Gasteiger partial charge is 0.305 e. The summed E-state index contributed by atoms with van der Waals surface area (Å²) in [5.74, 6) is -0.983. The van der Waals surface area contributed by atoms with Crippen molar-refractivity contribution in [2.75, 3.05) is 17.3 Å². The molecule has 18 heavy (non-hydrogen) atoms. The van der Waals surface area contributed by atoms with E-state index < -0.39 is 17.5 Å². The van der Waals surface area contributed by atoms with Crippen molar-refractivity contribution in [3.63, 3.8) is 0 Å². The average Bonchev–Trinajstić information content (AvgIpc) is 2.59. The maximum Gasteiger partial charge on any atom is 0.299 e. The van der Waals surface area contributed by atoms with Crippen molar-refractivity contribution in [2.24, 2.45) is 0 Å². The maximum absolute atomic E-state index is 13.2. The molecule has 0 aliphatic carbocycles. The summed E-state index contributed by atoms with van der Waals surface area (Å²) in [6, 6.07) is 3.80. The van der Waals surface area contributed by atoms with Gasteiger partial charge in [-0.25, -0.2) is 4.39 Å². The molecule has 0 atom stereocenters. The molecule has 1 aliphatic heterocycles. The van der Waals surface area contributed by atoms with Gasteiger partial charge in [-0.1, -0.05) is 6.42 Å². The Morgan fingerprint density at radius 1 is 1.17 bits per heavy atom. The third kappa shape index (κ3) is 2.38. The van der Waals surface area contributed by atoms with Crippen molar-refractivity contribution in [3.05, 3.63) is 29.6 Å². The van der Waals surface area contributed by atoms with Crippen LogP contribution in [0, 0.1) is 5.82 Å². The molecule has 0 spiro atoms. The Bertz CT molecular complexity index is 490. The number of alkyl halides is 1. The number of halogens is 2. The molecule has 0 saturated carbocycles. The smallest absolute Gasteiger partial charge is 0.299 e. The molecule has 96 valence electrons. The molecule has 0 unspecified atom stereocenters. The van der Waals surface area contributed by atoms with Gasteiger partial charge in [0.1, 0.15) is 5.82 Å². The van der Waals surface area contributed by atoms with Crippen molar-refractivity contribution in [2.45, 2.75) is 19.3 Å². The summed E-state index contributed by atoms with van der Waals surface area (Å²) in [5, 5.41) is 0. The number of unbranched alkanes of at least 4 members (excludes halogenated alkanes) is 2. The lowest BCUT2D eigenvalue weighted by atomic mass is 10.1. The number of nitrogens with zero attached hydrogens (tertiary/aromatic N) is 1. The Morgan fingerprint density at radius 3 is 2.67 bits per heavy atom. The topological polar surface area (TPSA) is 37.4 Å². The lowest BCUT2D eigenvalue weighted by Crippen LogP contribution is -2.30. The SMILES string of the molecule is O=C1C(=O)N(CCCCCCl)c2cc(F)ccc21. The number of carbonyl (C=O) groups excluding carboxylic acids is 2. The van der Waals surface area contributed by atoms with E-state index in [0.29, 0.717) is 23.7 Å². The first-order valence-corrected chi connectivity index (χ1v) is 6.40. The molecule has 0 fully saturated rings. The molecule has 1 aliphatic rings. The van der Waals surface area contributed by atoms with Gasteiger partial charge in [0.25, 0.3) is 11.7 Å². The maximum atomic E-state index is 13.2. The quantitative estimate of drug-likeness (QED) is 0.468. The molecule has 1 aromatic carbocycles. The Balaban J connectivity index is 2.14. The molecular formula is C13H13ClFNO2. The van der Waals surface area contributed by atoms with Gasteiger partial charge in [-0.15, -0.1) is 11.6 Å². The van der Waals surface area contributed by atoms with E-state index in [1.54, 1.807) is 0 Å². The number of benzene rings is 1. The van der Waals surface area contributed by atoms with Crippen molar-refractivity contribution in [1.29, 1.82) is 0 Å². The van der Waals surface area contributed by atoms with Crippen molar-refractivity contribution in [1.82, 2.24) is 0 Å². The minimum atomic E-state index is -0.568. The molecule has 0 radical (unpaired) electrons. The van der Waals surface area contributed by atoms with Gasteiger partial charge in [-0.05, 0) is 31.0 Å². The zero-order chi connectivity index (χ0) is 13.1. The summed E-state index contributed by atoms with van der Waals surface area (Å²) in [6.45, 7) is 0.428. The molecule has 1 heterocycles. The Labute approximate surface area is 110 Å². The second-order valence-corrected chi connectivity index (χ2v) is 4.57. The number of anilines is 1. The summed E-state index contributed by atoms with van der Waals surface area (Å²) in [6.07, 6.45) is 2.50. The Kier molecular flexibility index (Phi) is 3.97. The van der Waals surface area contributed by atoms with Crippen molar-refractivity contribution < 1.29 is 14.0 Å². The van der Waals surface area contributed by atoms with Crippen LogP contribution in [-0.4, -0.2) is 24.1 Å². The predicted molar refractivity (Wildman–Crippen MR) is 67.7 cm³/mol. The zero-order valence-corrected chi connectivity index (χ0v) is 10.5. The fraction of sp³-hybridized carbons (Fsp3) is 0.385. The van der Waals surface area contributed by atoms with Crippen LogP contribution in [-0.2, 0) is 4.79 Å². The van der Waals surface area contributed by atoms with Crippen LogP contribution in [0.1, 0.15) is 29.6 Å². The van der Waals surface area contributed by atoms with E-state index >= 15 is 0 Å². The van der Waals surface area contributed by atoms with Crippen molar-refractivity contribution >= 4 is 29.0 Å². The molecule has 1 amide bonds. The normalized spacial score (nSPS) is 14.2. The second kappa shape index (κ2) is 5.48. The highest BCUT2D eigenvalue weighted by Crippen LogP contribution is 2.29. The highest BCUT2D eigenvalue weighted by molar-refractivity contribution is 6.52. The molecule has 5 heteroatoms. The minimum Gasteiger partial charge on any atom is -0.305 e. The monoisotopic (exact) mass is 269 g/mol. The van der Waals surface area contributed by atoms with Crippen LogP contribution in [0.4, 0.5) is 10.1 Å². The van der Waals surface area contributed by atoms with Gasteiger partial charge in [0, 0.05) is 12.4 Å². The summed E-state index contributed by atoms with van der Waals surface area (Å²) in [7, 11) is 0. The highest BCUT2D eigenvalue weighted by atomic mass is 35.5. The minimum absolute atomic E-state index is 0.291. The van der Waals surface area contributed by atoms with Gasteiger partial charge in [0.2, 0.25) is 0 Å². The van der Waals surface area contributed by atoms with Crippen molar-refractivity contribution in [3.8, 4) is 0 Å². The molecular weight excluding hydrogens is 257 g/mol. The van der Waals surface area contributed by atoms with E-state index in [0.717, 1.165) is 19.3 Å². The van der Waals surface area contributed by atoms with E-state index in [2.05, 4.69) is 0 Å². The number of fused-ring (bicyclic) bond motifs is 1. The van der Waals surface area contributed by atoms with E-state index in [9.17, 15) is 14.0 Å². The second-order valence-electron chi connectivity index (χ2n) is 4.20. The van der Waals surface area contributed by atoms with E-state index in [4.69, 9.17) is 11.6 Å². The average molecular weight is 270 g/mol. The number of Topliss-reactive ketones (excluding diaryl/α,β-unsaturated/α-hetero) is 1. The Hall–Kier alpha value is -1.42. The van der Waals surface area contributed by atoms with Crippen LogP contribution in [0.2, 0.25) is 0 Å². The molecule has 0 saturated heterocycles. The summed E-state index contributed by atoms with van der Waals surface area (Å²) in [4.78, 5) is 24.8. The molecule has 1 aromatic rings. The van der Waals surface area contributed by atoms with E-state index in [1.165, 1.54) is 23.1 Å². The van der Waals surface area contributed by atoms with E-state index in [1.807, 2.05) is 0 Å². The van der Waals surface area contributed by atoms with Crippen LogP contribution < -0.4 is 4.90 Å². The highest BCUT2D eigenvalue weighted by Gasteiger charge is 2.35. The third-order valence-electron chi connectivity index (χ3n) is 2.95. The van der Waals surface area contributed by atoms with Crippen LogP contribution in [0.25, 0.3) is 0 Å². The number of carbonyl (C=O) groups is 2. The molecule has 0 aromatic heterocycles. The predicted octanol–water partition coefficient (Wildman–Crippen LogP) is 2.76. The van der Waals surface area contributed by atoms with Crippen LogP contribution >= 0.6 is 11.6 Å². The first-order chi connectivity index (χ1) is 8.65. The molecule has 0 N–H and O–H groups in total. The zero-order valence-electron chi connectivity index (χ0n) is 9.79. The van der Waals surface area contributed by atoms with Crippen LogP contribution in [0.3, 0.4) is 0 Å². The first-order valence-electron chi connectivity index (χ1n) is 5.87. The number of rotatable bonds is 5. The summed E-state index contributed by atoms with van der Waals surface area (Å²) >= 11 is 5.57. The van der Waals surface area contributed by atoms with E-state index in [-0.39, 0.29) is 0 Å². The van der Waals surface area contributed by atoms with Crippen LogP contribution in [0.5, 0.6) is 0 Å².